The van der Waals surface area contributed by atoms with Gasteiger partial charge in [-0.3, -0.25) is 4.79 Å². The highest BCUT2D eigenvalue weighted by atomic mass is 16.5. The van der Waals surface area contributed by atoms with Crippen molar-refractivity contribution >= 4 is 5.91 Å². The summed E-state index contributed by atoms with van der Waals surface area (Å²) in [5.41, 5.74) is -0.722. The van der Waals surface area contributed by atoms with E-state index in [0.29, 0.717) is 26.0 Å². The Labute approximate surface area is 95.4 Å². The van der Waals surface area contributed by atoms with Gasteiger partial charge in [-0.2, -0.15) is 5.26 Å². The molecule has 1 unspecified atom stereocenters. The van der Waals surface area contributed by atoms with Crippen LogP contribution in [0.2, 0.25) is 0 Å². The van der Waals surface area contributed by atoms with E-state index in [-0.39, 0.29) is 12.0 Å². The van der Waals surface area contributed by atoms with Gasteiger partial charge in [0.05, 0.1) is 18.8 Å². The Morgan fingerprint density at radius 2 is 2.44 bits per heavy atom. The lowest BCUT2D eigenvalue weighted by Gasteiger charge is -2.30. The average Bonchev–Trinajstić information content (AvgIpc) is 3.07. The predicted molar refractivity (Wildman–Crippen MR) is 57.5 cm³/mol. The molecule has 88 valence electrons. The number of ether oxygens (including phenoxy) is 1. The topological polar surface area (TPSA) is 65.4 Å². The van der Waals surface area contributed by atoms with Gasteiger partial charge in [-0.15, -0.1) is 0 Å². The Kier molecular flexibility index (Phi) is 3.13. The highest BCUT2D eigenvalue weighted by molar-refractivity contribution is 5.88. The number of morpholine rings is 1. The largest absolute Gasteiger partial charge is 0.374 e. The summed E-state index contributed by atoms with van der Waals surface area (Å²) < 4.78 is 5.53. The smallest absolute Gasteiger partial charge is 0.240 e. The highest BCUT2D eigenvalue weighted by Crippen LogP contribution is 2.44. The van der Waals surface area contributed by atoms with E-state index in [0.717, 1.165) is 13.1 Å². The molecule has 1 amide bonds. The molecule has 2 aliphatic rings. The summed E-state index contributed by atoms with van der Waals surface area (Å²) in [6.45, 7) is 2.99. The van der Waals surface area contributed by atoms with Gasteiger partial charge in [0.2, 0.25) is 5.91 Å². The molecule has 1 atom stereocenters. The van der Waals surface area contributed by atoms with Crippen LogP contribution in [0.1, 0.15) is 12.8 Å². The second kappa shape index (κ2) is 4.40. The van der Waals surface area contributed by atoms with Crippen LogP contribution in [0.4, 0.5) is 0 Å². The van der Waals surface area contributed by atoms with E-state index >= 15 is 0 Å². The van der Waals surface area contributed by atoms with Gasteiger partial charge in [0, 0.05) is 19.6 Å². The van der Waals surface area contributed by atoms with Gasteiger partial charge in [0.1, 0.15) is 5.41 Å². The van der Waals surface area contributed by atoms with E-state index in [2.05, 4.69) is 16.3 Å². The summed E-state index contributed by atoms with van der Waals surface area (Å²) in [7, 11) is 2.04. The maximum Gasteiger partial charge on any atom is 0.240 e. The quantitative estimate of drug-likeness (QED) is 0.715. The van der Waals surface area contributed by atoms with Gasteiger partial charge in [0.15, 0.2) is 0 Å². The fourth-order valence-corrected chi connectivity index (χ4v) is 1.88. The molecular weight excluding hydrogens is 206 g/mol. The zero-order chi connectivity index (χ0) is 11.6. The lowest BCUT2D eigenvalue weighted by molar-refractivity contribution is -0.125. The molecule has 2 rings (SSSR count). The first-order chi connectivity index (χ1) is 7.66. The molecule has 1 heterocycles. The van der Waals surface area contributed by atoms with Crippen molar-refractivity contribution in [2.24, 2.45) is 5.41 Å². The Hall–Kier alpha value is -1.12. The minimum Gasteiger partial charge on any atom is -0.374 e. The van der Waals surface area contributed by atoms with E-state index < -0.39 is 5.41 Å². The first-order valence-electron chi connectivity index (χ1n) is 5.66. The molecule has 1 N–H and O–H groups in total. The number of likely N-dealkylation sites (N-methyl/N-ethyl adjacent to an activating group) is 1. The fraction of sp³-hybridized carbons (Fsp3) is 0.818. The summed E-state index contributed by atoms with van der Waals surface area (Å²) in [5, 5.41) is 11.7. The summed E-state index contributed by atoms with van der Waals surface area (Å²) >= 11 is 0. The van der Waals surface area contributed by atoms with Crippen molar-refractivity contribution in [3.63, 3.8) is 0 Å². The number of rotatable bonds is 3. The zero-order valence-electron chi connectivity index (χ0n) is 9.53. The molecule has 1 aliphatic carbocycles. The van der Waals surface area contributed by atoms with Crippen molar-refractivity contribution in [3.05, 3.63) is 0 Å². The van der Waals surface area contributed by atoms with E-state index in [1.54, 1.807) is 0 Å². The molecule has 0 bridgehead atoms. The molecule has 1 saturated carbocycles. The minimum atomic E-state index is -0.722. The van der Waals surface area contributed by atoms with Gasteiger partial charge in [-0.25, -0.2) is 0 Å². The van der Waals surface area contributed by atoms with Gasteiger partial charge >= 0.3 is 0 Å². The first-order valence-corrected chi connectivity index (χ1v) is 5.66. The average molecular weight is 223 g/mol. The van der Waals surface area contributed by atoms with Crippen LogP contribution >= 0.6 is 0 Å². The number of hydrogen-bond donors (Lipinski definition) is 1. The van der Waals surface area contributed by atoms with E-state index in [1.165, 1.54) is 0 Å². The Balaban J connectivity index is 1.75. The minimum absolute atomic E-state index is 0.0530. The van der Waals surface area contributed by atoms with Crippen molar-refractivity contribution < 1.29 is 9.53 Å². The molecule has 0 spiro atoms. The van der Waals surface area contributed by atoms with Crippen LogP contribution in [-0.2, 0) is 9.53 Å². The number of nitrogens with zero attached hydrogens (tertiary/aromatic N) is 2. The predicted octanol–water partition coefficient (Wildman–Crippen LogP) is -0.263. The zero-order valence-corrected chi connectivity index (χ0v) is 9.53. The number of nitriles is 1. The Morgan fingerprint density at radius 3 is 3.00 bits per heavy atom. The molecule has 0 aromatic heterocycles. The third-order valence-corrected chi connectivity index (χ3v) is 3.23. The lowest BCUT2D eigenvalue weighted by atomic mass is 10.1. The Morgan fingerprint density at radius 1 is 1.69 bits per heavy atom. The third kappa shape index (κ3) is 2.34. The molecule has 0 aromatic carbocycles. The molecule has 5 heteroatoms. The van der Waals surface area contributed by atoms with E-state index in [4.69, 9.17) is 10.00 Å². The number of carbonyl (C=O) groups excluding carboxylic acids is 1. The highest BCUT2D eigenvalue weighted by Gasteiger charge is 2.50. The van der Waals surface area contributed by atoms with E-state index in [1.807, 2.05) is 7.05 Å². The number of carbonyl (C=O) groups is 1. The first kappa shape index (κ1) is 11.4. The maximum atomic E-state index is 11.7. The van der Waals surface area contributed by atoms with Crippen LogP contribution in [0.5, 0.6) is 0 Å². The standard InChI is InChI=1S/C11H17N3O2/c1-14-4-5-16-9(7-14)6-13-10(15)11(8-12)2-3-11/h9H,2-7H2,1H3,(H,13,15). The van der Waals surface area contributed by atoms with Crippen LogP contribution in [0, 0.1) is 16.7 Å². The van der Waals surface area contributed by atoms with Gasteiger partial charge < -0.3 is 15.0 Å². The summed E-state index contributed by atoms with van der Waals surface area (Å²) in [6.07, 6.45) is 1.44. The van der Waals surface area contributed by atoms with Crippen LogP contribution in [0.3, 0.4) is 0 Å². The van der Waals surface area contributed by atoms with Gasteiger partial charge in [-0.05, 0) is 19.9 Å². The lowest BCUT2D eigenvalue weighted by Crippen LogP contribution is -2.47. The van der Waals surface area contributed by atoms with Crippen LogP contribution < -0.4 is 5.32 Å². The SMILES string of the molecule is CN1CCOC(CNC(=O)C2(C#N)CC2)C1. The number of nitrogens with one attached hydrogen (secondary N) is 1. The number of amides is 1. The van der Waals surface area contributed by atoms with Crippen molar-refractivity contribution in [2.75, 3.05) is 33.3 Å². The van der Waals surface area contributed by atoms with E-state index in [9.17, 15) is 4.79 Å². The molecule has 1 aliphatic heterocycles. The van der Waals surface area contributed by atoms with Crippen molar-refractivity contribution in [3.8, 4) is 6.07 Å². The Bertz CT molecular complexity index is 320. The maximum absolute atomic E-state index is 11.7. The molecule has 16 heavy (non-hydrogen) atoms. The molecule has 5 nitrogen and oxygen atoms in total. The fourth-order valence-electron chi connectivity index (χ4n) is 1.88. The molecule has 0 radical (unpaired) electrons. The van der Waals surface area contributed by atoms with Crippen molar-refractivity contribution in [1.29, 1.82) is 5.26 Å². The molecular formula is C11H17N3O2. The second-order valence-electron chi connectivity index (χ2n) is 4.66. The van der Waals surface area contributed by atoms with Gasteiger partial charge in [-0.1, -0.05) is 0 Å². The molecule has 1 saturated heterocycles. The van der Waals surface area contributed by atoms with Crippen molar-refractivity contribution in [2.45, 2.75) is 18.9 Å². The molecule has 0 aromatic rings. The van der Waals surface area contributed by atoms with Crippen LogP contribution in [0.15, 0.2) is 0 Å². The van der Waals surface area contributed by atoms with Crippen molar-refractivity contribution in [1.82, 2.24) is 10.2 Å². The van der Waals surface area contributed by atoms with Crippen LogP contribution in [0.25, 0.3) is 0 Å². The third-order valence-electron chi connectivity index (χ3n) is 3.23. The summed E-state index contributed by atoms with van der Waals surface area (Å²) in [5.74, 6) is -0.133. The van der Waals surface area contributed by atoms with Gasteiger partial charge in [0.25, 0.3) is 0 Å². The second-order valence-corrected chi connectivity index (χ2v) is 4.66. The number of hydrogen-bond acceptors (Lipinski definition) is 4. The van der Waals surface area contributed by atoms with Crippen LogP contribution in [-0.4, -0.2) is 50.2 Å². The normalized spacial score (nSPS) is 28.1. The summed E-state index contributed by atoms with van der Waals surface area (Å²) in [6, 6.07) is 2.09. The molecule has 2 fully saturated rings. The summed E-state index contributed by atoms with van der Waals surface area (Å²) in [4.78, 5) is 13.9. The monoisotopic (exact) mass is 223 g/mol.